The molecule has 0 atom stereocenters. The normalized spacial score (nSPS) is 11.4. The highest BCUT2D eigenvalue weighted by molar-refractivity contribution is 7.93. The lowest BCUT2D eigenvalue weighted by Gasteiger charge is -2.27. The number of hydrogen-bond acceptors (Lipinski definition) is 9. The second-order valence-corrected chi connectivity index (χ2v) is 9.72. The molecule has 34 heavy (non-hydrogen) atoms. The molecule has 0 fully saturated rings. The van der Waals surface area contributed by atoms with E-state index in [0.717, 1.165) is 11.8 Å². The lowest BCUT2D eigenvalue weighted by molar-refractivity contribution is 0.133. The fourth-order valence-corrected chi connectivity index (χ4v) is 4.27. The third kappa shape index (κ3) is 5.13. The number of pyridine rings is 1. The van der Waals surface area contributed by atoms with Gasteiger partial charge in [0.15, 0.2) is 0 Å². The van der Waals surface area contributed by atoms with Gasteiger partial charge in [-0.2, -0.15) is 5.26 Å². The number of carbonyl (C=O) groups excluding carboxylic acids is 1. The third-order valence-corrected chi connectivity index (χ3v) is 6.56. The van der Waals surface area contributed by atoms with Gasteiger partial charge in [-0.15, -0.1) is 4.31 Å². The predicted molar refractivity (Wildman–Crippen MR) is 123 cm³/mol. The van der Waals surface area contributed by atoms with E-state index in [1.807, 2.05) is 19.9 Å². The molecule has 0 saturated heterocycles. The van der Waals surface area contributed by atoms with E-state index >= 15 is 0 Å². The minimum absolute atomic E-state index is 0.154. The molecule has 0 bridgehead atoms. The van der Waals surface area contributed by atoms with Crippen molar-refractivity contribution >= 4 is 21.9 Å². The zero-order valence-electron chi connectivity index (χ0n) is 19.1. The number of hydrogen-bond donors (Lipinski definition) is 0. The Balaban J connectivity index is 1.98. The van der Waals surface area contributed by atoms with E-state index in [4.69, 9.17) is 14.7 Å². The number of methoxy groups -OCH3 is 1. The second-order valence-electron chi connectivity index (χ2n) is 7.93. The zero-order chi connectivity index (χ0) is 24.9. The number of nitriles is 1. The maximum absolute atomic E-state index is 13.4. The van der Waals surface area contributed by atoms with Crippen LogP contribution >= 0.6 is 0 Å². The number of amides is 1. The Morgan fingerprint density at radius 2 is 1.88 bits per heavy atom. The summed E-state index contributed by atoms with van der Waals surface area (Å²) >= 11 is 0. The van der Waals surface area contributed by atoms with Crippen molar-refractivity contribution in [2.75, 3.05) is 18.0 Å². The maximum Gasteiger partial charge on any atom is 0.430 e. The first-order chi connectivity index (χ1) is 16.1. The van der Waals surface area contributed by atoms with Crippen molar-refractivity contribution in [1.82, 2.24) is 15.0 Å². The van der Waals surface area contributed by atoms with Crippen molar-refractivity contribution < 1.29 is 22.7 Å². The van der Waals surface area contributed by atoms with Crippen LogP contribution in [0.1, 0.15) is 30.7 Å². The van der Waals surface area contributed by atoms with Crippen molar-refractivity contribution in [3.63, 3.8) is 0 Å². The molecule has 2 heterocycles. The summed E-state index contributed by atoms with van der Waals surface area (Å²) in [5.74, 6) is -0.492. The van der Waals surface area contributed by atoms with Crippen molar-refractivity contribution in [2.24, 2.45) is 0 Å². The van der Waals surface area contributed by atoms with Gasteiger partial charge in [0.2, 0.25) is 5.82 Å². The van der Waals surface area contributed by atoms with E-state index in [0.29, 0.717) is 15.6 Å². The number of anilines is 1. The SMILES string of the molecule is COc1nc(C)cnc1N(C(=O)OCC(C)(C)c1ccc(C#N)cc1)S(=O)(=O)c1cccnc1. The predicted octanol–water partition coefficient (Wildman–Crippen LogP) is 3.37. The van der Waals surface area contributed by atoms with E-state index in [1.54, 1.807) is 31.2 Å². The van der Waals surface area contributed by atoms with Gasteiger partial charge in [-0.25, -0.2) is 23.2 Å². The van der Waals surface area contributed by atoms with Gasteiger partial charge >= 0.3 is 6.09 Å². The average Bonchev–Trinajstić information content (AvgIpc) is 2.84. The summed E-state index contributed by atoms with van der Waals surface area (Å²) in [6.07, 6.45) is 2.66. The van der Waals surface area contributed by atoms with E-state index in [9.17, 15) is 13.2 Å². The Labute approximate surface area is 197 Å². The number of ether oxygens (including phenoxy) is 2. The zero-order valence-corrected chi connectivity index (χ0v) is 19.9. The van der Waals surface area contributed by atoms with Gasteiger partial charge in [-0.1, -0.05) is 26.0 Å². The van der Waals surface area contributed by atoms with Crippen LogP contribution in [0.2, 0.25) is 0 Å². The molecule has 176 valence electrons. The largest absolute Gasteiger partial charge is 0.478 e. The maximum atomic E-state index is 13.4. The molecule has 1 amide bonds. The number of sulfonamides is 1. The Kier molecular flexibility index (Phi) is 7.12. The standard InChI is InChI=1S/C23H23N5O5S/c1-16-13-26-20(21(27-16)32-4)28(34(30,31)19-6-5-11-25-14-19)22(29)33-15-23(2,3)18-9-7-17(12-24)8-10-18/h5-11,13-14H,15H2,1-4H3. The van der Waals surface area contributed by atoms with Gasteiger partial charge in [-0.05, 0) is 36.8 Å². The van der Waals surface area contributed by atoms with Crippen molar-refractivity contribution in [3.8, 4) is 11.9 Å². The van der Waals surface area contributed by atoms with Crippen LogP contribution in [0, 0.1) is 18.3 Å². The van der Waals surface area contributed by atoms with E-state index in [2.05, 4.69) is 15.0 Å². The van der Waals surface area contributed by atoms with Crippen molar-refractivity contribution in [3.05, 3.63) is 71.8 Å². The quantitative estimate of drug-likeness (QED) is 0.497. The summed E-state index contributed by atoms with van der Waals surface area (Å²) in [5, 5.41) is 9.00. The first kappa shape index (κ1) is 24.6. The Morgan fingerprint density at radius 3 is 2.47 bits per heavy atom. The molecule has 0 aliphatic heterocycles. The van der Waals surface area contributed by atoms with Gasteiger partial charge in [0.25, 0.3) is 15.9 Å². The molecule has 3 aromatic rings. The van der Waals surface area contributed by atoms with Crippen LogP contribution in [0.3, 0.4) is 0 Å². The molecule has 1 aromatic carbocycles. The van der Waals surface area contributed by atoms with Crippen LogP contribution in [0.25, 0.3) is 0 Å². The van der Waals surface area contributed by atoms with Gasteiger partial charge < -0.3 is 9.47 Å². The number of aromatic nitrogens is 3. The first-order valence-electron chi connectivity index (χ1n) is 10.1. The van der Waals surface area contributed by atoms with Crippen LogP contribution in [0.15, 0.2) is 59.9 Å². The lowest BCUT2D eigenvalue weighted by Crippen LogP contribution is -2.40. The van der Waals surface area contributed by atoms with Crippen LogP contribution in [-0.4, -0.2) is 43.2 Å². The summed E-state index contributed by atoms with van der Waals surface area (Å²) < 4.78 is 37.9. The number of carbonyl (C=O) groups is 1. The minimum Gasteiger partial charge on any atom is -0.478 e. The molecule has 0 N–H and O–H groups in total. The number of rotatable bonds is 7. The Morgan fingerprint density at radius 1 is 1.18 bits per heavy atom. The summed E-state index contributed by atoms with van der Waals surface area (Å²) in [7, 11) is -3.17. The fourth-order valence-electron chi connectivity index (χ4n) is 3.01. The molecular weight excluding hydrogens is 458 g/mol. The average molecular weight is 482 g/mol. The summed E-state index contributed by atoms with van der Waals surface area (Å²) in [6.45, 7) is 5.15. The first-order valence-corrected chi connectivity index (χ1v) is 11.5. The number of benzene rings is 1. The number of aryl methyl sites for hydroxylation is 1. The van der Waals surface area contributed by atoms with Crippen molar-refractivity contribution in [2.45, 2.75) is 31.1 Å². The lowest BCUT2D eigenvalue weighted by atomic mass is 9.85. The van der Waals surface area contributed by atoms with Crippen molar-refractivity contribution in [1.29, 1.82) is 5.26 Å². The van der Waals surface area contributed by atoms with Crippen LogP contribution < -0.4 is 9.04 Å². The van der Waals surface area contributed by atoms with Gasteiger partial charge in [0.1, 0.15) is 11.5 Å². The molecule has 0 aliphatic carbocycles. The highest BCUT2D eigenvalue weighted by Gasteiger charge is 2.37. The second kappa shape index (κ2) is 9.84. The molecule has 0 unspecified atom stereocenters. The molecule has 0 saturated carbocycles. The van der Waals surface area contributed by atoms with E-state index < -0.39 is 21.5 Å². The fraction of sp³-hybridized carbons (Fsp3) is 0.261. The highest BCUT2D eigenvalue weighted by atomic mass is 32.2. The van der Waals surface area contributed by atoms with E-state index in [-0.39, 0.29) is 23.2 Å². The molecule has 10 nitrogen and oxygen atoms in total. The molecule has 0 radical (unpaired) electrons. The molecule has 0 spiro atoms. The molecular formula is C23H23N5O5S. The van der Waals surface area contributed by atoms with E-state index in [1.165, 1.54) is 31.6 Å². The van der Waals surface area contributed by atoms with Gasteiger partial charge in [-0.3, -0.25) is 4.98 Å². The van der Waals surface area contributed by atoms with Gasteiger partial charge in [0.05, 0.1) is 30.6 Å². The molecule has 2 aromatic heterocycles. The topological polar surface area (TPSA) is 135 Å². The monoisotopic (exact) mass is 481 g/mol. The molecule has 3 rings (SSSR count). The van der Waals surface area contributed by atoms with Crippen LogP contribution in [0.5, 0.6) is 5.88 Å². The molecule has 0 aliphatic rings. The van der Waals surface area contributed by atoms with Crippen LogP contribution in [0.4, 0.5) is 10.6 Å². The third-order valence-electron chi connectivity index (χ3n) is 4.92. The number of nitrogens with zero attached hydrogens (tertiary/aromatic N) is 5. The molecule has 11 heteroatoms. The Bertz CT molecular complexity index is 1320. The summed E-state index contributed by atoms with van der Waals surface area (Å²) in [5.41, 5.74) is 1.08. The Hall–Kier alpha value is -4.04. The summed E-state index contributed by atoms with van der Waals surface area (Å²) in [4.78, 5) is 25.1. The smallest absolute Gasteiger partial charge is 0.430 e. The highest BCUT2D eigenvalue weighted by Crippen LogP contribution is 2.31. The summed E-state index contributed by atoms with van der Waals surface area (Å²) in [6, 6.07) is 11.6. The van der Waals surface area contributed by atoms with Gasteiger partial charge in [0, 0.05) is 17.8 Å². The van der Waals surface area contributed by atoms with Crippen LogP contribution in [-0.2, 0) is 20.2 Å². The minimum atomic E-state index is -4.46.